The van der Waals surface area contributed by atoms with E-state index in [-0.39, 0.29) is 5.91 Å². The zero-order valence-corrected chi connectivity index (χ0v) is 8.63. The first kappa shape index (κ1) is 10.6. The van der Waals surface area contributed by atoms with Crippen molar-refractivity contribution in [2.75, 3.05) is 5.73 Å². The van der Waals surface area contributed by atoms with Crippen LogP contribution in [0.2, 0.25) is 0 Å². The first-order valence-corrected chi connectivity index (χ1v) is 4.75. The third kappa shape index (κ3) is 2.76. The van der Waals surface area contributed by atoms with Gasteiger partial charge in [0.1, 0.15) is 0 Å². The van der Waals surface area contributed by atoms with E-state index in [1.807, 2.05) is 32.0 Å². The van der Waals surface area contributed by atoms with Crippen LogP contribution in [0.1, 0.15) is 24.5 Å². The van der Waals surface area contributed by atoms with E-state index < -0.39 is 0 Å². The topological polar surface area (TPSA) is 55.1 Å². The standard InChI is InChI=1S/C11H16N2O/c1-3-11(14)13-7-9-4-5-10(12)8(2)6-9/h4-6H,3,7,12H2,1-2H3,(H,13,14). The Kier molecular flexibility index (Phi) is 3.51. The summed E-state index contributed by atoms with van der Waals surface area (Å²) in [6.07, 6.45) is 0.522. The molecule has 0 saturated heterocycles. The van der Waals surface area contributed by atoms with E-state index in [1.165, 1.54) is 0 Å². The molecular weight excluding hydrogens is 176 g/mol. The largest absolute Gasteiger partial charge is 0.399 e. The van der Waals surface area contributed by atoms with Gasteiger partial charge in [0.2, 0.25) is 5.91 Å². The van der Waals surface area contributed by atoms with Gasteiger partial charge in [-0.1, -0.05) is 19.1 Å². The molecule has 0 bridgehead atoms. The Labute approximate surface area is 84.3 Å². The van der Waals surface area contributed by atoms with Crippen LogP contribution in [0.15, 0.2) is 18.2 Å². The average molecular weight is 192 g/mol. The number of benzene rings is 1. The number of hydrogen-bond acceptors (Lipinski definition) is 2. The van der Waals surface area contributed by atoms with Crippen molar-refractivity contribution >= 4 is 11.6 Å². The second-order valence-corrected chi connectivity index (χ2v) is 3.32. The molecule has 1 aromatic carbocycles. The van der Waals surface area contributed by atoms with Crippen molar-refractivity contribution in [2.45, 2.75) is 26.8 Å². The third-order valence-electron chi connectivity index (χ3n) is 2.15. The highest BCUT2D eigenvalue weighted by Gasteiger charge is 1.99. The van der Waals surface area contributed by atoms with Gasteiger partial charge in [-0.3, -0.25) is 4.79 Å². The van der Waals surface area contributed by atoms with Crippen molar-refractivity contribution in [2.24, 2.45) is 0 Å². The second-order valence-electron chi connectivity index (χ2n) is 3.32. The van der Waals surface area contributed by atoms with E-state index in [0.29, 0.717) is 13.0 Å². The lowest BCUT2D eigenvalue weighted by molar-refractivity contribution is -0.120. The van der Waals surface area contributed by atoms with Crippen LogP contribution in [0, 0.1) is 6.92 Å². The number of carbonyl (C=O) groups is 1. The average Bonchev–Trinajstić information content (AvgIpc) is 2.19. The van der Waals surface area contributed by atoms with Crippen molar-refractivity contribution in [3.63, 3.8) is 0 Å². The highest BCUT2D eigenvalue weighted by atomic mass is 16.1. The predicted octanol–water partition coefficient (Wildman–Crippen LogP) is 1.60. The third-order valence-corrected chi connectivity index (χ3v) is 2.15. The maximum atomic E-state index is 11.0. The normalized spacial score (nSPS) is 9.86. The minimum Gasteiger partial charge on any atom is -0.399 e. The van der Waals surface area contributed by atoms with Gasteiger partial charge in [-0.15, -0.1) is 0 Å². The van der Waals surface area contributed by atoms with Crippen molar-refractivity contribution in [3.8, 4) is 0 Å². The molecule has 3 N–H and O–H groups in total. The molecule has 3 heteroatoms. The van der Waals surface area contributed by atoms with Crippen molar-refractivity contribution in [3.05, 3.63) is 29.3 Å². The minimum atomic E-state index is 0.0690. The molecule has 0 spiro atoms. The van der Waals surface area contributed by atoms with E-state index in [0.717, 1.165) is 16.8 Å². The number of carbonyl (C=O) groups excluding carboxylic acids is 1. The fourth-order valence-corrected chi connectivity index (χ4v) is 1.17. The van der Waals surface area contributed by atoms with E-state index in [4.69, 9.17) is 5.73 Å². The zero-order valence-electron chi connectivity index (χ0n) is 8.63. The Morgan fingerprint density at radius 2 is 2.21 bits per heavy atom. The summed E-state index contributed by atoms with van der Waals surface area (Å²) in [4.78, 5) is 11.0. The van der Waals surface area contributed by atoms with Crippen LogP contribution in [0.3, 0.4) is 0 Å². The molecule has 0 saturated carbocycles. The number of anilines is 1. The number of nitrogens with two attached hydrogens (primary N) is 1. The van der Waals surface area contributed by atoms with Gasteiger partial charge in [0, 0.05) is 18.7 Å². The number of nitrogens with one attached hydrogen (secondary N) is 1. The van der Waals surface area contributed by atoms with Gasteiger partial charge in [0.25, 0.3) is 0 Å². The van der Waals surface area contributed by atoms with Gasteiger partial charge in [-0.2, -0.15) is 0 Å². The Hall–Kier alpha value is -1.51. The molecule has 0 unspecified atom stereocenters. The smallest absolute Gasteiger partial charge is 0.219 e. The number of aryl methyl sites for hydroxylation is 1. The van der Waals surface area contributed by atoms with Crippen LogP contribution >= 0.6 is 0 Å². The Morgan fingerprint density at radius 1 is 1.50 bits per heavy atom. The van der Waals surface area contributed by atoms with E-state index in [1.54, 1.807) is 0 Å². The molecule has 0 aliphatic rings. The molecule has 76 valence electrons. The molecule has 0 aromatic heterocycles. The van der Waals surface area contributed by atoms with Crippen molar-refractivity contribution in [1.82, 2.24) is 5.32 Å². The molecule has 0 aliphatic carbocycles. The lowest BCUT2D eigenvalue weighted by atomic mass is 10.1. The van der Waals surface area contributed by atoms with Crippen LogP contribution in [0.4, 0.5) is 5.69 Å². The molecule has 0 heterocycles. The first-order valence-electron chi connectivity index (χ1n) is 4.75. The Bertz CT molecular complexity index is 334. The molecule has 0 fully saturated rings. The summed E-state index contributed by atoms with van der Waals surface area (Å²) in [5.74, 6) is 0.0690. The van der Waals surface area contributed by atoms with Crippen LogP contribution in [-0.2, 0) is 11.3 Å². The first-order chi connectivity index (χ1) is 6.63. The highest BCUT2D eigenvalue weighted by Crippen LogP contribution is 2.12. The van der Waals surface area contributed by atoms with Crippen LogP contribution in [0.25, 0.3) is 0 Å². The lowest BCUT2D eigenvalue weighted by Crippen LogP contribution is -2.21. The molecule has 0 radical (unpaired) electrons. The molecular formula is C11H16N2O. The zero-order chi connectivity index (χ0) is 10.6. The quantitative estimate of drug-likeness (QED) is 0.715. The molecule has 1 amide bonds. The fourth-order valence-electron chi connectivity index (χ4n) is 1.17. The molecule has 14 heavy (non-hydrogen) atoms. The minimum absolute atomic E-state index is 0.0690. The lowest BCUT2D eigenvalue weighted by Gasteiger charge is -2.06. The molecule has 3 nitrogen and oxygen atoms in total. The summed E-state index contributed by atoms with van der Waals surface area (Å²) in [6.45, 7) is 4.37. The summed E-state index contributed by atoms with van der Waals surface area (Å²) >= 11 is 0. The van der Waals surface area contributed by atoms with E-state index >= 15 is 0 Å². The van der Waals surface area contributed by atoms with Gasteiger partial charge in [0.05, 0.1) is 0 Å². The van der Waals surface area contributed by atoms with Gasteiger partial charge < -0.3 is 11.1 Å². The molecule has 1 aromatic rings. The Balaban J connectivity index is 2.60. The summed E-state index contributed by atoms with van der Waals surface area (Å²) in [7, 11) is 0. The van der Waals surface area contributed by atoms with Gasteiger partial charge in [0.15, 0.2) is 0 Å². The summed E-state index contributed by atoms with van der Waals surface area (Å²) < 4.78 is 0. The van der Waals surface area contributed by atoms with E-state index in [9.17, 15) is 4.79 Å². The fraction of sp³-hybridized carbons (Fsp3) is 0.364. The highest BCUT2D eigenvalue weighted by molar-refractivity contribution is 5.75. The second kappa shape index (κ2) is 4.65. The Morgan fingerprint density at radius 3 is 2.79 bits per heavy atom. The van der Waals surface area contributed by atoms with Gasteiger partial charge >= 0.3 is 0 Å². The van der Waals surface area contributed by atoms with Crippen LogP contribution < -0.4 is 11.1 Å². The molecule has 0 aliphatic heterocycles. The number of amides is 1. The molecule has 1 rings (SSSR count). The summed E-state index contributed by atoms with van der Waals surface area (Å²) in [5, 5.41) is 2.82. The number of hydrogen-bond donors (Lipinski definition) is 2. The van der Waals surface area contributed by atoms with Crippen LogP contribution in [0.5, 0.6) is 0 Å². The van der Waals surface area contributed by atoms with E-state index in [2.05, 4.69) is 5.32 Å². The molecule has 0 atom stereocenters. The predicted molar refractivity (Wildman–Crippen MR) is 57.7 cm³/mol. The van der Waals surface area contributed by atoms with Gasteiger partial charge in [-0.05, 0) is 24.1 Å². The van der Waals surface area contributed by atoms with Crippen molar-refractivity contribution < 1.29 is 4.79 Å². The SMILES string of the molecule is CCC(=O)NCc1ccc(N)c(C)c1. The van der Waals surface area contributed by atoms with Gasteiger partial charge in [-0.25, -0.2) is 0 Å². The monoisotopic (exact) mass is 192 g/mol. The number of rotatable bonds is 3. The number of nitrogen functional groups attached to an aromatic ring is 1. The maximum absolute atomic E-state index is 11.0. The summed E-state index contributed by atoms with van der Waals surface area (Å²) in [5.41, 5.74) is 8.60. The maximum Gasteiger partial charge on any atom is 0.219 e. The summed E-state index contributed by atoms with van der Waals surface area (Å²) in [6, 6.07) is 5.78. The van der Waals surface area contributed by atoms with Crippen LogP contribution in [-0.4, -0.2) is 5.91 Å². The van der Waals surface area contributed by atoms with Crippen molar-refractivity contribution in [1.29, 1.82) is 0 Å².